The van der Waals surface area contributed by atoms with Crippen LogP contribution in [0.15, 0.2) is 48.5 Å². The molecule has 0 unspecified atom stereocenters. The van der Waals surface area contributed by atoms with Crippen LogP contribution in [0.4, 0.5) is 17.1 Å². The molecule has 4 heteroatoms. The van der Waals surface area contributed by atoms with E-state index in [2.05, 4.69) is 5.32 Å². The highest BCUT2D eigenvalue weighted by Gasteiger charge is 2.06. The second kappa shape index (κ2) is 4.57. The van der Waals surface area contributed by atoms with Gasteiger partial charge in [-0.3, -0.25) is 4.79 Å². The Balaban J connectivity index is 2.33. The van der Waals surface area contributed by atoms with Crippen LogP contribution in [0.1, 0.15) is 10.4 Å². The molecule has 0 heterocycles. The number of carbonyl (C=O) groups is 1. The molecular formula is C13H13N3O. The molecule has 0 bridgehead atoms. The van der Waals surface area contributed by atoms with Crippen LogP contribution >= 0.6 is 0 Å². The highest BCUT2D eigenvalue weighted by Crippen LogP contribution is 2.21. The minimum absolute atomic E-state index is 0.454. The molecular weight excluding hydrogens is 214 g/mol. The topological polar surface area (TPSA) is 81.1 Å². The van der Waals surface area contributed by atoms with Crippen LogP contribution in [0.5, 0.6) is 0 Å². The third-order valence-corrected chi connectivity index (χ3v) is 2.36. The summed E-state index contributed by atoms with van der Waals surface area (Å²) in [5.74, 6) is -0.461. The van der Waals surface area contributed by atoms with Crippen molar-refractivity contribution >= 4 is 23.0 Å². The number of carbonyl (C=O) groups excluding carboxylic acids is 1. The summed E-state index contributed by atoms with van der Waals surface area (Å²) in [7, 11) is 0. The van der Waals surface area contributed by atoms with Gasteiger partial charge in [-0.2, -0.15) is 0 Å². The molecule has 17 heavy (non-hydrogen) atoms. The lowest BCUT2D eigenvalue weighted by molar-refractivity contribution is 0.100. The summed E-state index contributed by atoms with van der Waals surface area (Å²) in [4.78, 5) is 11.2. The lowest BCUT2D eigenvalue weighted by Crippen LogP contribution is -2.13. The molecule has 2 aromatic rings. The van der Waals surface area contributed by atoms with Gasteiger partial charge >= 0.3 is 0 Å². The number of amides is 1. The van der Waals surface area contributed by atoms with E-state index in [0.717, 1.165) is 5.69 Å². The Bertz CT molecular complexity index is 552. The number of hydrogen-bond acceptors (Lipinski definition) is 3. The van der Waals surface area contributed by atoms with Gasteiger partial charge in [-0.25, -0.2) is 0 Å². The zero-order chi connectivity index (χ0) is 12.3. The number of anilines is 3. The molecule has 4 nitrogen and oxygen atoms in total. The van der Waals surface area contributed by atoms with E-state index in [9.17, 15) is 4.79 Å². The number of nitrogens with one attached hydrogen (secondary N) is 1. The van der Waals surface area contributed by atoms with E-state index < -0.39 is 5.91 Å². The second-order valence-electron chi connectivity index (χ2n) is 3.66. The Morgan fingerprint density at radius 1 is 1.06 bits per heavy atom. The third-order valence-electron chi connectivity index (χ3n) is 2.36. The quantitative estimate of drug-likeness (QED) is 0.702. The first-order valence-corrected chi connectivity index (χ1v) is 5.18. The molecule has 0 saturated carbocycles. The van der Waals surface area contributed by atoms with Gasteiger partial charge in [0.25, 0.3) is 5.91 Å². The number of nitrogen functional groups attached to an aromatic ring is 1. The zero-order valence-electron chi connectivity index (χ0n) is 9.18. The smallest absolute Gasteiger partial charge is 0.250 e. The van der Waals surface area contributed by atoms with Crippen LogP contribution in [0.3, 0.4) is 0 Å². The summed E-state index contributed by atoms with van der Waals surface area (Å²) < 4.78 is 0. The van der Waals surface area contributed by atoms with Crippen molar-refractivity contribution in [2.24, 2.45) is 5.73 Å². The molecule has 1 amide bonds. The fraction of sp³-hybridized carbons (Fsp3) is 0. The monoisotopic (exact) mass is 227 g/mol. The van der Waals surface area contributed by atoms with Crippen LogP contribution in [0, 0.1) is 0 Å². The lowest BCUT2D eigenvalue weighted by atomic mass is 10.1. The van der Waals surface area contributed by atoms with E-state index in [1.54, 1.807) is 30.3 Å². The van der Waals surface area contributed by atoms with E-state index in [0.29, 0.717) is 16.9 Å². The van der Waals surface area contributed by atoms with E-state index in [4.69, 9.17) is 11.5 Å². The van der Waals surface area contributed by atoms with Gasteiger partial charge in [0.05, 0.1) is 11.3 Å². The van der Waals surface area contributed by atoms with Gasteiger partial charge in [-0.1, -0.05) is 18.2 Å². The van der Waals surface area contributed by atoms with E-state index in [1.165, 1.54) is 0 Å². The predicted molar refractivity (Wildman–Crippen MR) is 69.1 cm³/mol. The molecule has 86 valence electrons. The summed E-state index contributed by atoms with van der Waals surface area (Å²) in [5.41, 5.74) is 13.6. The average molecular weight is 227 g/mol. The van der Waals surface area contributed by atoms with E-state index >= 15 is 0 Å². The van der Waals surface area contributed by atoms with Crippen molar-refractivity contribution in [1.82, 2.24) is 0 Å². The summed E-state index contributed by atoms with van der Waals surface area (Å²) in [6.07, 6.45) is 0. The van der Waals surface area contributed by atoms with Gasteiger partial charge in [-0.15, -0.1) is 0 Å². The first-order valence-electron chi connectivity index (χ1n) is 5.18. The molecule has 2 aromatic carbocycles. The molecule has 0 aliphatic rings. The largest absolute Gasteiger partial charge is 0.399 e. The Labute approximate surface area is 99.2 Å². The normalized spacial score (nSPS) is 9.88. The van der Waals surface area contributed by atoms with Crippen molar-refractivity contribution in [2.45, 2.75) is 0 Å². The number of benzene rings is 2. The fourth-order valence-electron chi connectivity index (χ4n) is 1.58. The number of primary amides is 1. The van der Waals surface area contributed by atoms with Crippen molar-refractivity contribution in [3.8, 4) is 0 Å². The zero-order valence-corrected chi connectivity index (χ0v) is 9.18. The van der Waals surface area contributed by atoms with Gasteiger partial charge in [-0.05, 0) is 30.3 Å². The maximum Gasteiger partial charge on any atom is 0.250 e. The lowest BCUT2D eigenvalue weighted by Gasteiger charge is -2.10. The Morgan fingerprint density at radius 3 is 2.53 bits per heavy atom. The summed E-state index contributed by atoms with van der Waals surface area (Å²) in [6, 6.07) is 14.4. The van der Waals surface area contributed by atoms with Gasteiger partial charge < -0.3 is 16.8 Å². The highest BCUT2D eigenvalue weighted by atomic mass is 16.1. The van der Waals surface area contributed by atoms with E-state index in [1.807, 2.05) is 18.2 Å². The minimum atomic E-state index is -0.461. The average Bonchev–Trinajstić information content (AvgIpc) is 2.29. The molecule has 0 radical (unpaired) electrons. The summed E-state index contributed by atoms with van der Waals surface area (Å²) in [6.45, 7) is 0. The number of para-hydroxylation sites is 1. The van der Waals surface area contributed by atoms with Gasteiger partial charge in [0.1, 0.15) is 0 Å². The molecule has 0 aliphatic heterocycles. The van der Waals surface area contributed by atoms with Crippen LogP contribution in [-0.2, 0) is 0 Å². The third kappa shape index (κ3) is 2.55. The standard InChI is InChI=1S/C13H13N3O/c14-9-4-3-5-10(8-9)16-12-7-2-1-6-11(12)13(15)17/h1-8,16H,14H2,(H2,15,17). The van der Waals surface area contributed by atoms with Crippen LogP contribution < -0.4 is 16.8 Å². The summed E-state index contributed by atoms with van der Waals surface area (Å²) in [5, 5.41) is 3.11. The highest BCUT2D eigenvalue weighted by molar-refractivity contribution is 5.99. The van der Waals surface area contributed by atoms with Gasteiger partial charge in [0.2, 0.25) is 0 Å². The molecule has 0 spiro atoms. The van der Waals surface area contributed by atoms with Gasteiger partial charge in [0, 0.05) is 11.4 Å². The van der Waals surface area contributed by atoms with Gasteiger partial charge in [0.15, 0.2) is 0 Å². The van der Waals surface area contributed by atoms with Crippen LogP contribution in [-0.4, -0.2) is 5.91 Å². The molecule has 0 fully saturated rings. The summed E-state index contributed by atoms with van der Waals surface area (Å²) >= 11 is 0. The maximum atomic E-state index is 11.2. The van der Waals surface area contributed by atoms with Crippen molar-refractivity contribution in [3.05, 3.63) is 54.1 Å². The first-order chi connectivity index (χ1) is 8.16. The van der Waals surface area contributed by atoms with Crippen molar-refractivity contribution < 1.29 is 4.79 Å². The minimum Gasteiger partial charge on any atom is -0.399 e. The number of nitrogens with two attached hydrogens (primary N) is 2. The van der Waals surface area contributed by atoms with Crippen molar-refractivity contribution in [1.29, 1.82) is 0 Å². The number of rotatable bonds is 3. The van der Waals surface area contributed by atoms with E-state index in [-0.39, 0.29) is 0 Å². The maximum absolute atomic E-state index is 11.2. The first kappa shape index (κ1) is 11.0. The molecule has 0 aliphatic carbocycles. The SMILES string of the molecule is NC(=O)c1ccccc1Nc1cccc(N)c1. The molecule has 2 rings (SSSR count). The van der Waals surface area contributed by atoms with Crippen LogP contribution in [0.2, 0.25) is 0 Å². The Hall–Kier alpha value is -2.49. The Kier molecular flexibility index (Phi) is 2.96. The predicted octanol–water partition coefficient (Wildman–Crippen LogP) is 2.11. The molecule has 0 saturated heterocycles. The van der Waals surface area contributed by atoms with Crippen LogP contribution in [0.25, 0.3) is 0 Å². The van der Waals surface area contributed by atoms with Crippen molar-refractivity contribution in [3.63, 3.8) is 0 Å². The molecule has 0 atom stereocenters. The van der Waals surface area contributed by atoms with Crippen molar-refractivity contribution in [2.75, 3.05) is 11.1 Å². The number of hydrogen-bond donors (Lipinski definition) is 3. The fourth-order valence-corrected chi connectivity index (χ4v) is 1.58. The molecule has 5 N–H and O–H groups in total. The Morgan fingerprint density at radius 2 is 1.82 bits per heavy atom. The second-order valence-corrected chi connectivity index (χ2v) is 3.66. The molecule has 0 aromatic heterocycles.